The maximum Gasteiger partial charge on any atom is 0.309 e. The van der Waals surface area contributed by atoms with Gasteiger partial charge in [-0.05, 0) is 31.4 Å². The minimum absolute atomic E-state index is 0.0576. The molecule has 1 aromatic carbocycles. The number of carbonyl (C=O) groups is 2. The first-order valence-electron chi connectivity index (χ1n) is 11.8. The van der Waals surface area contributed by atoms with Gasteiger partial charge in [0.25, 0.3) is 5.91 Å². The monoisotopic (exact) mass is 435 g/mol. The molecule has 2 rings (SSSR count). The second-order valence-electron chi connectivity index (χ2n) is 8.40. The van der Waals surface area contributed by atoms with E-state index in [1.807, 2.05) is 12.1 Å². The van der Waals surface area contributed by atoms with Crippen molar-refractivity contribution in [1.82, 2.24) is 4.90 Å². The summed E-state index contributed by atoms with van der Waals surface area (Å²) in [4.78, 5) is 26.7. The van der Waals surface area contributed by atoms with E-state index in [0.717, 1.165) is 12.8 Å². The number of nitrogens with zero attached hydrogens (tertiary/aromatic N) is 1. The van der Waals surface area contributed by atoms with Crippen molar-refractivity contribution >= 4 is 23.5 Å². The topological polar surface area (TPSA) is 46.6 Å². The number of halogens is 1. The van der Waals surface area contributed by atoms with Crippen LogP contribution in [0.5, 0.6) is 0 Å². The van der Waals surface area contributed by atoms with Crippen molar-refractivity contribution in [1.29, 1.82) is 0 Å². The van der Waals surface area contributed by atoms with Crippen LogP contribution < -0.4 is 0 Å². The molecule has 0 saturated carbocycles. The van der Waals surface area contributed by atoms with Gasteiger partial charge in [-0.2, -0.15) is 0 Å². The number of rotatable bonds is 13. The van der Waals surface area contributed by atoms with Crippen LogP contribution in [0.15, 0.2) is 24.3 Å². The fourth-order valence-electron chi connectivity index (χ4n) is 4.00. The predicted molar refractivity (Wildman–Crippen MR) is 123 cm³/mol. The fraction of sp³-hybridized carbons (Fsp3) is 0.680. The van der Waals surface area contributed by atoms with E-state index < -0.39 is 0 Å². The van der Waals surface area contributed by atoms with Gasteiger partial charge in [-0.15, -0.1) is 0 Å². The Labute approximate surface area is 187 Å². The third kappa shape index (κ3) is 8.67. The lowest BCUT2D eigenvalue weighted by Gasteiger charge is -2.31. The molecule has 1 heterocycles. The summed E-state index contributed by atoms with van der Waals surface area (Å²) in [7, 11) is 0. The van der Waals surface area contributed by atoms with E-state index in [1.165, 1.54) is 51.4 Å². The summed E-state index contributed by atoms with van der Waals surface area (Å²) in [5, 5.41) is 0.473. The third-order valence-corrected chi connectivity index (χ3v) is 6.29. The number of piperidine rings is 1. The van der Waals surface area contributed by atoms with Crippen molar-refractivity contribution in [3.8, 4) is 0 Å². The molecule has 0 aromatic heterocycles. The summed E-state index contributed by atoms with van der Waals surface area (Å²) in [6.07, 6.45) is 14.0. The van der Waals surface area contributed by atoms with Crippen LogP contribution in [-0.2, 0) is 9.53 Å². The smallest absolute Gasteiger partial charge is 0.309 e. The minimum atomic E-state index is -0.101. The van der Waals surface area contributed by atoms with Crippen LogP contribution in [0.3, 0.4) is 0 Å². The number of ether oxygens (including phenoxy) is 1. The zero-order valence-electron chi connectivity index (χ0n) is 18.5. The summed E-state index contributed by atoms with van der Waals surface area (Å²) in [6.45, 7) is 3.91. The average molecular weight is 436 g/mol. The number of amides is 1. The number of esters is 1. The van der Waals surface area contributed by atoms with E-state index in [4.69, 9.17) is 16.3 Å². The highest BCUT2D eigenvalue weighted by molar-refractivity contribution is 6.33. The zero-order valence-corrected chi connectivity index (χ0v) is 19.3. The molecule has 168 valence electrons. The maximum atomic E-state index is 12.6. The molecule has 0 N–H and O–H groups in total. The SMILES string of the molecule is CCCCCCCCCCCCOC(=O)C1CCN(C(=O)c2ccccc2Cl)CC1. The molecule has 0 bridgehead atoms. The molecule has 1 aliphatic heterocycles. The van der Waals surface area contributed by atoms with Gasteiger partial charge in [0, 0.05) is 13.1 Å². The summed E-state index contributed by atoms with van der Waals surface area (Å²) in [5.41, 5.74) is 0.529. The normalized spacial score (nSPS) is 14.7. The van der Waals surface area contributed by atoms with Crippen LogP contribution in [-0.4, -0.2) is 36.5 Å². The number of benzene rings is 1. The molecule has 1 aliphatic rings. The highest BCUT2D eigenvalue weighted by Gasteiger charge is 2.29. The van der Waals surface area contributed by atoms with Crippen molar-refractivity contribution in [2.45, 2.75) is 84.0 Å². The largest absolute Gasteiger partial charge is 0.465 e. The Balaban J connectivity index is 1.52. The number of hydrogen-bond acceptors (Lipinski definition) is 3. The standard InChI is InChI=1S/C25H38ClNO3/c1-2-3-4-5-6-7-8-9-10-13-20-30-25(29)21-16-18-27(19-17-21)24(28)22-14-11-12-15-23(22)26/h11-12,14-15,21H,2-10,13,16-20H2,1H3. The zero-order chi connectivity index (χ0) is 21.6. The predicted octanol–water partition coefficient (Wildman–Crippen LogP) is 6.66. The van der Waals surface area contributed by atoms with Crippen LogP contribution in [0.1, 0.15) is 94.3 Å². The van der Waals surface area contributed by atoms with Gasteiger partial charge < -0.3 is 9.64 Å². The first kappa shape index (κ1) is 24.7. The van der Waals surface area contributed by atoms with E-state index in [1.54, 1.807) is 17.0 Å². The third-order valence-electron chi connectivity index (χ3n) is 5.96. The number of hydrogen-bond donors (Lipinski definition) is 0. The molecule has 0 unspecified atom stereocenters. The number of carbonyl (C=O) groups excluding carboxylic acids is 2. The second-order valence-corrected chi connectivity index (χ2v) is 8.80. The van der Waals surface area contributed by atoms with Gasteiger partial charge in [0.15, 0.2) is 0 Å². The Hall–Kier alpha value is -1.55. The van der Waals surface area contributed by atoms with Gasteiger partial charge in [0.1, 0.15) is 0 Å². The van der Waals surface area contributed by atoms with E-state index >= 15 is 0 Å². The minimum Gasteiger partial charge on any atom is -0.465 e. The first-order valence-corrected chi connectivity index (χ1v) is 12.2. The summed E-state index contributed by atoms with van der Waals surface area (Å²) in [5.74, 6) is -0.253. The van der Waals surface area contributed by atoms with Gasteiger partial charge >= 0.3 is 5.97 Å². The average Bonchev–Trinajstić information content (AvgIpc) is 2.77. The lowest BCUT2D eigenvalue weighted by atomic mass is 9.96. The first-order chi connectivity index (χ1) is 14.6. The molecule has 5 heteroatoms. The molecule has 0 aliphatic carbocycles. The van der Waals surface area contributed by atoms with Gasteiger partial charge in [-0.3, -0.25) is 9.59 Å². The van der Waals surface area contributed by atoms with Crippen LogP contribution in [0, 0.1) is 5.92 Å². The molecule has 1 aromatic rings. The molecule has 0 atom stereocenters. The van der Waals surface area contributed by atoms with Crippen molar-refractivity contribution in [3.63, 3.8) is 0 Å². The Morgan fingerprint density at radius 1 is 0.933 bits per heavy atom. The Morgan fingerprint density at radius 3 is 2.10 bits per heavy atom. The van der Waals surface area contributed by atoms with E-state index in [9.17, 15) is 9.59 Å². The maximum absolute atomic E-state index is 12.6. The van der Waals surface area contributed by atoms with Crippen LogP contribution in [0.2, 0.25) is 5.02 Å². The fourth-order valence-corrected chi connectivity index (χ4v) is 4.22. The van der Waals surface area contributed by atoms with Gasteiger partial charge in [-0.1, -0.05) is 88.4 Å². The Kier molecular flexibility index (Phi) is 11.9. The van der Waals surface area contributed by atoms with Gasteiger partial charge in [0.2, 0.25) is 0 Å². The molecule has 1 amide bonds. The highest BCUT2D eigenvalue weighted by Crippen LogP contribution is 2.23. The molecule has 0 spiro atoms. The number of unbranched alkanes of at least 4 members (excludes halogenated alkanes) is 9. The van der Waals surface area contributed by atoms with Crippen molar-refractivity contribution in [3.05, 3.63) is 34.9 Å². The summed E-state index contributed by atoms with van der Waals surface area (Å²) < 4.78 is 5.49. The van der Waals surface area contributed by atoms with Crippen molar-refractivity contribution in [2.75, 3.05) is 19.7 Å². The van der Waals surface area contributed by atoms with E-state index in [0.29, 0.717) is 43.1 Å². The van der Waals surface area contributed by atoms with Crippen LogP contribution >= 0.6 is 11.6 Å². The summed E-state index contributed by atoms with van der Waals surface area (Å²) >= 11 is 6.13. The number of likely N-dealkylation sites (tertiary alicyclic amines) is 1. The molecule has 0 radical (unpaired) electrons. The molecule has 30 heavy (non-hydrogen) atoms. The molecular weight excluding hydrogens is 398 g/mol. The summed E-state index contributed by atoms with van der Waals surface area (Å²) in [6, 6.07) is 7.11. The molecule has 1 fully saturated rings. The quantitative estimate of drug-likeness (QED) is 0.257. The van der Waals surface area contributed by atoms with Crippen LogP contribution in [0.25, 0.3) is 0 Å². The van der Waals surface area contributed by atoms with Crippen molar-refractivity contribution < 1.29 is 14.3 Å². The Morgan fingerprint density at radius 2 is 1.50 bits per heavy atom. The Bertz CT molecular complexity index is 641. The lowest BCUT2D eigenvalue weighted by Crippen LogP contribution is -2.40. The van der Waals surface area contributed by atoms with Crippen molar-refractivity contribution in [2.24, 2.45) is 5.92 Å². The second kappa shape index (κ2) is 14.5. The molecular formula is C25H38ClNO3. The van der Waals surface area contributed by atoms with Gasteiger partial charge in [0.05, 0.1) is 23.1 Å². The molecule has 1 saturated heterocycles. The van der Waals surface area contributed by atoms with E-state index in [2.05, 4.69) is 6.92 Å². The molecule has 4 nitrogen and oxygen atoms in total. The van der Waals surface area contributed by atoms with E-state index in [-0.39, 0.29) is 17.8 Å². The lowest BCUT2D eigenvalue weighted by molar-refractivity contribution is -0.150. The van der Waals surface area contributed by atoms with Crippen LogP contribution in [0.4, 0.5) is 0 Å². The van der Waals surface area contributed by atoms with Gasteiger partial charge in [-0.25, -0.2) is 0 Å². The highest BCUT2D eigenvalue weighted by atomic mass is 35.5.